The first-order valence-corrected chi connectivity index (χ1v) is 6.77. The molecule has 18 heavy (non-hydrogen) atoms. The minimum Gasteiger partial charge on any atom is -0.290 e. The summed E-state index contributed by atoms with van der Waals surface area (Å²) in [4.78, 5) is 12.7. The lowest BCUT2D eigenvalue weighted by atomic mass is 10.0. The Labute approximate surface area is 105 Å². The Morgan fingerprint density at radius 2 is 2.11 bits per heavy atom. The third kappa shape index (κ3) is 1.15. The lowest BCUT2D eigenvalue weighted by molar-refractivity contribution is 0.666. The molecule has 0 aliphatic heterocycles. The molecule has 2 aromatic heterocycles. The van der Waals surface area contributed by atoms with Crippen LogP contribution in [0.5, 0.6) is 0 Å². The molecule has 0 aromatic carbocycles. The largest absolute Gasteiger partial charge is 0.290 e. The van der Waals surface area contributed by atoms with E-state index in [-0.39, 0.29) is 5.56 Å². The molecule has 0 N–H and O–H groups in total. The van der Waals surface area contributed by atoms with Gasteiger partial charge in [-0.05, 0) is 37.2 Å². The van der Waals surface area contributed by atoms with Crippen LogP contribution in [0.25, 0.3) is 11.0 Å². The maximum atomic E-state index is 12.7. The summed E-state index contributed by atoms with van der Waals surface area (Å²) in [5.41, 5.74) is 3.58. The van der Waals surface area contributed by atoms with Crippen LogP contribution < -0.4 is 5.56 Å². The molecule has 1 unspecified atom stereocenters. The van der Waals surface area contributed by atoms with Crippen LogP contribution in [0.4, 0.5) is 0 Å². The number of aryl methyl sites for hydroxylation is 2. The van der Waals surface area contributed by atoms with E-state index in [0.29, 0.717) is 12.0 Å². The van der Waals surface area contributed by atoms with Gasteiger partial charge in [0, 0.05) is 24.0 Å². The molecule has 2 aromatic rings. The fourth-order valence-corrected chi connectivity index (χ4v) is 3.38. The number of fused-ring (bicyclic) bond motifs is 3. The summed E-state index contributed by atoms with van der Waals surface area (Å²) in [7, 11) is 1.94. The Balaban J connectivity index is 2.20. The molecular formula is C14H17N3O. The van der Waals surface area contributed by atoms with Crippen molar-refractivity contribution in [3.8, 4) is 0 Å². The molecule has 2 aliphatic carbocycles. The van der Waals surface area contributed by atoms with Crippen LogP contribution in [0, 0.1) is 0 Å². The van der Waals surface area contributed by atoms with Crippen LogP contribution >= 0.6 is 0 Å². The van der Waals surface area contributed by atoms with Crippen LogP contribution in [-0.2, 0) is 13.5 Å². The smallest absolute Gasteiger partial charge is 0.256 e. The van der Waals surface area contributed by atoms with Crippen LogP contribution in [0.1, 0.15) is 49.3 Å². The molecule has 1 fully saturated rings. The van der Waals surface area contributed by atoms with Gasteiger partial charge in [0.25, 0.3) is 5.56 Å². The Bertz CT molecular complexity index is 706. The molecule has 0 saturated heterocycles. The standard InChI is InChI=1S/C14H17N3O/c1-8-3-6-10-11-7-15-16(2)13(11)17(9-4-5-9)14(18)12(8)10/h7-9H,3-6H2,1-2H3. The van der Waals surface area contributed by atoms with Gasteiger partial charge in [-0.1, -0.05) is 6.92 Å². The van der Waals surface area contributed by atoms with Gasteiger partial charge in [-0.25, -0.2) is 0 Å². The molecule has 94 valence electrons. The number of nitrogens with zero attached hydrogens (tertiary/aromatic N) is 3. The average Bonchev–Trinajstić information content (AvgIpc) is 3.00. The summed E-state index contributed by atoms with van der Waals surface area (Å²) in [5.74, 6) is 0.405. The zero-order valence-electron chi connectivity index (χ0n) is 10.8. The molecule has 2 aliphatic rings. The number of hydrogen-bond donors (Lipinski definition) is 0. The van der Waals surface area contributed by atoms with Crippen LogP contribution in [0.2, 0.25) is 0 Å². The highest BCUT2D eigenvalue weighted by Crippen LogP contribution is 2.40. The average molecular weight is 243 g/mol. The molecule has 0 radical (unpaired) electrons. The second-order valence-corrected chi connectivity index (χ2v) is 5.74. The second-order valence-electron chi connectivity index (χ2n) is 5.74. The maximum absolute atomic E-state index is 12.7. The highest BCUT2D eigenvalue weighted by molar-refractivity contribution is 5.81. The lowest BCUT2D eigenvalue weighted by Crippen LogP contribution is -2.25. The van der Waals surface area contributed by atoms with Gasteiger partial charge in [-0.15, -0.1) is 0 Å². The molecule has 1 saturated carbocycles. The summed E-state index contributed by atoms with van der Waals surface area (Å²) in [5, 5.41) is 5.56. The number of aromatic nitrogens is 3. The molecule has 4 heteroatoms. The summed E-state index contributed by atoms with van der Waals surface area (Å²) >= 11 is 0. The van der Waals surface area contributed by atoms with E-state index in [2.05, 4.69) is 12.0 Å². The van der Waals surface area contributed by atoms with Gasteiger partial charge in [-0.3, -0.25) is 14.0 Å². The Kier molecular flexibility index (Phi) is 1.87. The summed E-state index contributed by atoms with van der Waals surface area (Å²) < 4.78 is 3.86. The van der Waals surface area contributed by atoms with Crippen molar-refractivity contribution in [2.75, 3.05) is 0 Å². The van der Waals surface area contributed by atoms with E-state index < -0.39 is 0 Å². The van der Waals surface area contributed by atoms with Gasteiger partial charge >= 0.3 is 0 Å². The molecule has 0 amide bonds. The third-order valence-electron chi connectivity index (χ3n) is 4.47. The molecule has 0 bridgehead atoms. The van der Waals surface area contributed by atoms with E-state index >= 15 is 0 Å². The molecule has 4 nitrogen and oxygen atoms in total. The quantitative estimate of drug-likeness (QED) is 0.769. The van der Waals surface area contributed by atoms with Crippen molar-refractivity contribution in [3.63, 3.8) is 0 Å². The number of rotatable bonds is 1. The summed E-state index contributed by atoms with van der Waals surface area (Å²) in [6, 6.07) is 0.411. The number of pyridine rings is 1. The minimum absolute atomic E-state index is 0.244. The SMILES string of the molecule is CC1CCc2c1c(=O)n(C1CC1)c1c2cnn1C. The Morgan fingerprint density at radius 3 is 2.83 bits per heavy atom. The normalized spacial score (nSPS) is 22.7. The van der Waals surface area contributed by atoms with Crippen molar-refractivity contribution in [1.82, 2.24) is 14.3 Å². The predicted octanol–water partition coefficient (Wildman–Crippen LogP) is 2.12. The fraction of sp³-hybridized carbons (Fsp3) is 0.571. The van der Waals surface area contributed by atoms with Crippen LogP contribution in [-0.4, -0.2) is 14.3 Å². The van der Waals surface area contributed by atoms with Crippen molar-refractivity contribution in [1.29, 1.82) is 0 Å². The minimum atomic E-state index is 0.244. The van der Waals surface area contributed by atoms with Gasteiger partial charge in [0.15, 0.2) is 0 Å². The van der Waals surface area contributed by atoms with Crippen molar-refractivity contribution >= 4 is 11.0 Å². The Morgan fingerprint density at radius 1 is 1.33 bits per heavy atom. The fourth-order valence-electron chi connectivity index (χ4n) is 3.38. The van der Waals surface area contributed by atoms with E-state index in [1.165, 1.54) is 10.9 Å². The summed E-state index contributed by atoms with van der Waals surface area (Å²) in [6.07, 6.45) is 6.33. The monoisotopic (exact) mass is 243 g/mol. The van der Waals surface area contributed by atoms with Crippen molar-refractivity contribution in [2.24, 2.45) is 7.05 Å². The highest BCUT2D eigenvalue weighted by atomic mass is 16.1. The second kappa shape index (κ2) is 3.25. The van der Waals surface area contributed by atoms with Crippen molar-refractivity contribution in [3.05, 3.63) is 27.7 Å². The van der Waals surface area contributed by atoms with Crippen molar-refractivity contribution in [2.45, 2.75) is 44.6 Å². The lowest BCUT2D eigenvalue weighted by Gasteiger charge is -2.12. The van der Waals surface area contributed by atoms with Gasteiger partial charge in [0.1, 0.15) is 5.65 Å². The predicted molar refractivity (Wildman–Crippen MR) is 70.0 cm³/mol. The Hall–Kier alpha value is -1.58. The molecule has 1 atom stereocenters. The maximum Gasteiger partial charge on any atom is 0.256 e. The zero-order valence-corrected chi connectivity index (χ0v) is 10.8. The molecule has 2 heterocycles. The van der Waals surface area contributed by atoms with Gasteiger partial charge in [-0.2, -0.15) is 5.10 Å². The van der Waals surface area contributed by atoms with E-state index in [4.69, 9.17) is 0 Å². The summed E-state index contributed by atoms with van der Waals surface area (Å²) in [6.45, 7) is 2.17. The zero-order chi connectivity index (χ0) is 12.4. The first-order chi connectivity index (χ1) is 8.68. The molecular weight excluding hydrogens is 226 g/mol. The number of hydrogen-bond acceptors (Lipinski definition) is 2. The van der Waals surface area contributed by atoms with Crippen LogP contribution in [0.3, 0.4) is 0 Å². The van der Waals surface area contributed by atoms with Gasteiger partial charge in [0.05, 0.1) is 6.20 Å². The topological polar surface area (TPSA) is 39.8 Å². The first kappa shape index (κ1) is 10.4. The van der Waals surface area contributed by atoms with Crippen molar-refractivity contribution < 1.29 is 0 Å². The van der Waals surface area contributed by atoms with Crippen LogP contribution in [0.15, 0.2) is 11.0 Å². The first-order valence-electron chi connectivity index (χ1n) is 6.77. The molecule has 0 spiro atoms. The van der Waals surface area contributed by atoms with Gasteiger partial charge in [0.2, 0.25) is 0 Å². The highest BCUT2D eigenvalue weighted by Gasteiger charge is 2.33. The van der Waals surface area contributed by atoms with E-state index in [1.807, 2.05) is 22.5 Å². The van der Waals surface area contributed by atoms with Gasteiger partial charge < -0.3 is 0 Å². The van der Waals surface area contributed by atoms with E-state index in [0.717, 1.165) is 36.9 Å². The van der Waals surface area contributed by atoms with E-state index in [9.17, 15) is 4.79 Å². The van der Waals surface area contributed by atoms with E-state index in [1.54, 1.807) is 0 Å². The third-order valence-corrected chi connectivity index (χ3v) is 4.47. The molecule has 4 rings (SSSR count).